The molecule has 0 aliphatic heterocycles. The van der Waals surface area contributed by atoms with Crippen LogP contribution in [0.15, 0.2) is 127 Å². The lowest BCUT2D eigenvalue weighted by Gasteiger charge is -2.13. The fourth-order valence-corrected chi connectivity index (χ4v) is 7.77. The van der Waals surface area contributed by atoms with Crippen LogP contribution in [-0.4, -0.2) is 64.9 Å². The zero-order valence-corrected chi connectivity index (χ0v) is 35.8. The van der Waals surface area contributed by atoms with Crippen molar-refractivity contribution >= 4 is 101 Å². The number of thiocarbonyl (C=S) groups is 2. The average molecular weight is 874 g/mol. The van der Waals surface area contributed by atoms with E-state index in [0.29, 0.717) is 22.9 Å². The Morgan fingerprint density at radius 2 is 1.30 bits per heavy atom. The third-order valence-electron chi connectivity index (χ3n) is 8.40. The molecule has 0 radical (unpaired) electrons. The summed E-state index contributed by atoms with van der Waals surface area (Å²) in [6.07, 6.45) is 9.36. The summed E-state index contributed by atoms with van der Waals surface area (Å²) in [5, 5.41) is 6.68. The molecule has 0 amide bonds. The van der Waals surface area contributed by atoms with Gasteiger partial charge in [0, 0.05) is 71.7 Å². The molecule has 0 aliphatic carbocycles. The molecule has 4 aromatic carbocycles. The van der Waals surface area contributed by atoms with Gasteiger partial charge in [-0.2, -0.15) is 0 Å². The number of fused-ring (bicyclic) bond motifs is 2. The highest BCUT2D eigenvalue weighted by molar-refractivity contribution is 7.80. The smallest absolute Gasteiger partial charge is 0.148 e. The van der Waals surface area contributed by atoms with Gasteiger partial charge in [0.2, 0.25) is 0 Å². The number of nitrogen functional groups attached to an aromatic ring is 1. The number of nitrogens with zero attached hydrogens (tertiary/aromatic N) is 5. The number of thiazole rings is 2. The van der Waals surface area contributed by atoms with Gasteiger partial charge in [0.25, 0.3) is 0 Å². The summed E-state index contributed by atoms with van der Waals surface area (Å²) >= 11 is 13.5. The van der Waals surface area contributed by atoms with Crippen LogP contribution in [0.4, 0.5) is 17.1 Å². The van der Waals surface area contributed by atoms with Crippen molar-refractivity contribution in [2.24, 2.45) is 4.99 Å². The fourth-order valence-electron chi connectivity index (χ4n) is 5.58. The molecule has 0 saturated carbocycles. The van der Waals surface area contributed by atoms with E-state index in [4.69, 9.17) is 41.9 Å². The number of benzene rings is 4. The maximum Gasteiger partial charge on any atom is 0.148 e. The molecule has 4 aromatic heterocycles. The highest BCUT2D eigenvalue weighted by Crippen LogP contribution is 2.33. The molecule has 0 saturated heterocycles. The second-order valence-electron chi connectivity index (χ2n) is 12.3. The lowest BCUT2D eigenvalue weighted by atomic mass is 10.1. The fraction of sp³-hybridized carbons (Fsp3) is 0.133. The lowest BCUT2D eigenvalue weighted by molar-refractivity contribution is 0.395. The van der Waals surface area contributed by atoms with Crippen LogP contribution in [0.1, 0.15) is 13.0 Å². The molecular formula is C45H43N7O4S4. The Balaban J connectivity index is 0.000000186. The molecule has 15 heteroatoms. The van der Waals surface area contributed by atoms with E-state index >= 15 is 0 Å². The maximum atomic E-state index is 5.75. The number of hydrogen-bond acceptors (Lipinski definition) is 14. The minimum absolute atomic E-state index is 0. The van der Waals surface area contributed by atoms with Gasteiger partial charge >= 0.3 is 0 Å². The molecule has 3 N–H and O–H groups in total. The first-order valence-electron chi connectivity index (χ1n) is 17.9. The number of hydrogen-bond donors (Lipinski definition) is 2. The standard InChI is InChI=1S/C22H19N3O2S2.C12H9N3S.C10H11NO2S.CH4/c1-26-16-6-7-17(19(12-16)27-2)24-21(28)11-14-4-3-5-15(10-14)22-25-18-8-9-23-13-20(18)29-22;13-9-3-1-2-8(6-9)12-15-10-4-5-14-7-11(10)16-12;1-12-8-3-4-9(11-5-6-14)10(7-8)13-2;/h3-10,12-13H,11H2,1-2H3,(H,24,28);1-7H,13H2;3-7H,1-2H3;1H4. The van der Waals surface area contributed by atoms with Crippen LogP contribution in [0.2, 0.25) is 0 Å². The molecule has 8 aromatic rings. The van der Waals surface area contributed by atoms with Crippen molar-refractivity contribution in [3.05, 3.63) is 127 Å². The second-order valence-corrected chi connectivity index (χ2v) is 15.1. The number of pyridine rings is 2. The van der Waals surface area contributed by atoms with E-state index < -0.39 is 0 Å². The molecule has 0 spiro atoms. The zero-order chi connectivity index (χ0) is 41.6. The van der Waals surface area contributed by atoms with Gasteiger partial charge in [0.1, 0.15) is 38.7 Å². The van der Waals surface area contributed by atoms with Gasteiger partial charge in [0.15, 0.2) is 0 Å². The number of nitrogens with one attached hydrogen (secondary N) is 1. The topological polar surface area (TPSA) is 139 Å². The van der Waals surface area contributed by atoms with Crippen molar-refractivity contribution in [1.82, 2.24) is 19.9 Å². The Morgan fingerprint density at radius 3 is 1.87 bits per heavy atom. The summed E-state index contributed by atoms with van der Waals surface area (Å²) in [7, 11) is 6.45. The summed E-state index contributed by atoms with van der Waals surface area (Å²) in [6, 6.07) is 30.9. The van der Waals surface area contributed by atoms with Gasteiger partial charge in [-0.25, -0.2) is 9.97 Å². The van der Waals surface area contributed by atoms with Crippen LogP contribution in [0.3, 0.4) is 0 Å². The molecule has 8 rings (SSSR count). The molecule has 0 aliphatic rings. The quantitative estimate of drug-likeness (QED) is 0.0726. The first-order valence-corrected chi connectivity index (χ1v) is 20.4. The Labute approximate surface area is 367 Å². The maximum absolute atomic E-state index is 5.75. The SMILES string of the molecule is C.COc1ccc(N=CC=S)c(OC)c1.COc1ccc(NC(=S)Cc2cccc(-c3nc4ccncc4s3)c2)c(OC)c1.Nc1cccc(-c2nc3ccncc3s2)c1. The monoisotopic (exact) mass is 873 g/mol. The van der Waals surface area contributed by atoms with Gasteiger partial charge in [0.05, 0.1) is 59.5 Å². The predicted molar refractivity (Wildman–Crippen MR) is 258 cm³/mol. The highest BCUT2D eigenvalue weighted by Gasteiger charge is 2.11. The summed E-state index contributed by atoms with van der Waals surface area (Å²) in [6.45, 7) is 0. The zero-order valence-electron chi connectivity index (χ0n) is 32.5. The van der Waals surface area contributed by atoms with E-state index in [1.165, 1.54) is 5.37 Å². The second kappa shape index (κ2) is 22.1. The van der Waals surface area contributed by atoms with E-state index in [1.807, 2.05) is 85.2 Å². The van der Waals surface area contributed by atoms with Crippen molar-refractivity contribution in [3.63, 3.8) is 0 Å². The van der Waals surface area contributed by atoms with E-state index in [1.54, 1.807) is 75.8 Å². The minimum atomic E-state index is 0. The minimum Gasteiger partial charge on any atom is -0.497 e. The molecule has 0 unspecified atom stereocenters. The highest BCUT2D eigenvalue weighted by atomic mass is 32.1. The Morgan fingerprint density at radius 1 is 0.717 bits per heavy atom. The van der Waals surface area contributed by atoms with Crippen LogP contribution in [0.5, 0.6) is 23.0 Å². The van der Waals surface area contributed by atoms with E-state index in [2.05, 4.69) is 55.7 Å². The number of methoxy groups -OCH3 is 4. The van der Waals surface area contributed by atoms with Crippen molar-refractivity contribution < 1.29 is 18.9 Å². The van der Waals surface area contributed by atoms with Crippen LogP contribution >= 0.6 is 47.1 Å². The Hall–Kier alpha value is -6.39. The molecule has 0 fully saturated rings. The molecule has 11 nitrogen and oxygen atoms in total. The Kier molecular flexibility index (Phi) is 16.5. The molecule has 0 atom stereocenters. The summed E-state index contributed by atoms with van der Waals surface area (Å²) in [5.74, 6) is 2.82. The number of nitrogens with two attached hydrogens (primary N) is 1. The van der Waals surface area contributed by atoms with Gasteiger partial charge in [-0.05, 0) is 60.2 Å². The van der Waals surface area contributed by atoms with Gasteiger partial charge in [-0.1, -0.05) is 62.2 Å². The third-order valence-corrected chi connectivity index (χ3v) is 10.9. The Bertz CT molecular complexity index is 2650. The van der Waals surface area contributed by atoms with Crippen LogP contribution in [0.25, 0.3) is 41.6 Å². The predicted octanol–water partition coefficient (Wildman–Crippen LogP) is 11.3. The summed E-state index contributed by atoms with van der Waals surface area (Å²) < 4.78 is 23.0. The van der Waals surface area contributed by atoms with Crippen molar-refractivity contribution in [3.8, 4) is 44.1 Å². The van der Waals surface area contributed by atoms with Crippen molar-refractivity contribution in [2.45, 2.75) is 13.8 Å². The normalized spacial score (nSPS) is 10.4. The van der Waals surface area contributed by atoms with E-state index in [-0.39, 0.29) is 7.43 Å². The lowest BCUT2D eigenvalue weighted by Crippen LogP contribution is -2.13. The first-order chi connectivity index (χ1) is 28.8. The van der Waals surface area contributed by atoms with Crippen LogP contribution in [0, 0.1) is 0 Å². The number of rotatable bonds is 11. The molecule has 306 valence electrons. The number of ether oxygens (including phenoxy) is 4. The molecule has 4 heterocycles. The molecule has 0 bridgehead atoms. The molecule has 60 heavy (non-hydrogen) atoms. The van der Waals surface area contributed by atoms with E-state index in [9.17, 15) is 0 Å². The summed E-state index contributed by atoms with van der Waals surface area (Å²) in [5.41, 5.74) is 13.3. The number of aliphatic imine (C=N–C) groups is 1. The van der Waals surface area contributed by atoms with E-state index in [0.717, 1.165) is 75.7 Å². The average Bonchev–Trinajstić information content (AvgIpc) is 3.92. The number of anilines is 2. The largest absolute Gasteiger partial charge is 0.497 e. The van der Waals surface area contributed by atoms with Crippen LogP contribution < -0.4 is 30.0 Å². The summed E-state index contributed by atoms with van der Waals surface area (Å²) in [4.78, 5) is 22.3. The van der Waals surface area contributed by atoms with Gasteiger partial charge in [-0.3, -0.25) is 15.0 Å². The van der Waals surface area contributed by atoms with Crippen molar-refractivity contribution in [2.75, 3.05) is 39.5 Å². The van der Waals surface area contributed by atoms with Crippen LogP contribution in [-0.2, 0) is 6.42 Å². The number of aromatic nitrogens is 4. The van der Waals surface area contributed by atoms with Crippen molar-refractivity contribution in [1.29, 1.82) is 0 Å². The molecular weight excluding hydrogens is 831 g/mol. The van der Waals surface area contributed by atoms with Gasteiger partial charge < -0.3 is 30.0 Å². The third kappa shape index (κ3) is 11.9. The first kappa shape index (κ1) is 44.7. The van der Waals surface area contributed by atoms with Gasteiger partial charge in [-0.15, -0.1) is 22.7 Å².